The number of carbonyl (C=O) groups excluding carboxylic acids is 1. The first-order valence-electron chi connectivity index (χ1n) is 7.92. The third kappa shape index (κ3) is 2.78. The number of carbonyl (C=O) groups is 2. The lowest BCUT2D eigenvalue weighted by atomic mass is 9.84. The van der Waals surface area contributed by atoms with Crippen molar-refractivity contribution in [1.82, 2.24) is 4.90 Å². The molecular weight excluding hydrogens is 301 g/mol. The van der Waals surface area contributed by atoms with E-state index in [2.05, 4.69) is 0 Å². The van der Waals surface area contributed by atoms with Gasteiger partial charge in [-0.15, -0.1) is 0 Å². The molecule has 2 aliphatic rings. The van der Waals surface area contributed by atoms with Crippen LogP contribution in [-0.4, -0.2) is 41.1 Å². The zero-order valence-corrected chi connectivity index (χ0v) is 13.0. The maximum absolute atomic E-state index is 13.5. The molecule has 0 radical (unpaired) electrons. The van der Waals surface area contributed by atoms with Crippen LogP contribution in [0.1, 0.15) is 42.5 Å². The van der Waals surface area contributed by atoms with E-state index in [9.17, 15) is 19.1 Å². The van der Waals surface area contributed by atoms with Crippen LogP contribution in [0.15, 0.2) is 18.2 Å². The number of halogens is 1. The molecule has 1 aliphatic carbocycles. The number of likely N-dealkylation sites (tertiary alicyclic amines) is 1. The van der Waals surface area contributed by atoms with Crippen molar-refractivity contribution >= 4 is 11.9 Å². The van der Waals surface area contributed by atoms with E-state index < -0.39 is 17.8 Å². The Hall–Kier alpha value is -2.11. The maximum Gasteiger partial charge on any atom is 0.326 e. The van der Waals surface area contributed by atoms with E-state index in [1.165, 1.54) is 30.2 Å². The van der Waals surface area contributed by atoms with Gasteiger partial charge in [-0.3, -0.25) is 4.79 Å². The van der Waals surface area contributed by atoms with Gasteiger partial charge in [-0.2, -0.15) is 0 Å². The Morgan fingerprint density at radius 3 is 2.74 bits per heavy atom. The second-order valence-corrected chi connectivity index (χ2v) is 6.26. The number of aliphatic carboxylic acids is 1. The molecule has 1 amide bonds. The summed E-state index contributed by atoms with van der Waals surface area (Å²) in [4.78, 5) is 26.0. The zero-order chi connectivity index (χ0) is 16.6. The standard InChI is InChI=1S/C17H20FNO4/c1-23-15-9-11(6-7-12(15)18)16(20)19-13-5-3-2-4-10(13)8-14(19)17(21)22/h6-7,9-10,13-14H,2-5,8H2,1H3,(H,21,22)/t10-,13-,14+/m1/s1. The fourth-order valence-corrected chi connectivity index (χ4v) is 3.91. The first-order chi connectivity index (χ1) is 11.0. The van der Waals surface area contributed by atoms with Gasteiger partial charge in [0.2, 0.25) is 0 Å². The van der Waals surface area contributed by atoms with Gasteiger partial charge < -0.3 is 14.7 Å². The average Bonchev–Trinajstić information content (AvgIpc) is 2.94. The monoisotopic (exact) mass is 321 g/mol. The van der Waals surface area contributed by atoms with E-state index in [-0.39, 0.29) is 29.2 Å². The molecule has 1 saturated heterocycles. The molecule has 2 fully saturated rings. The van der Waals surface area contributed by atoms with E-state index in [0.29, 0.717) is 6.42 Å². The number of amides is 1. The summed E-state index contributed by atoms with van der Waals surface area (Å²) in [6.07, 6.45) is 4.39. The largest absolute Gasteiger partial charge is 0.494 e. The highest BCUT2D eigenvalue weighted by Gasteiger charge is 2.47. The van der Waals surface area contributed by atoms with Crippen molar-refractivity contribution in [3.63, 3.8) is 0 Å². The van der Waals surface area contributed by atoms with Crippen molar-refractivity contribution in [2.24, 2.45) is 5.92 Å². The number of hydrogen-bond donors (Lipinski definition) is 1. The van der Waals surface area contributed by atoms with Crippen molar-refractivity contribution in [2.45, 2.75) is 44.2 Å². The number of rotatable bonds is 3. The van der Waals surface area contributed by atoms with Gasteiger partial charge in [0.05, 0.1) is 7.11 Å². The summed E-state index contributed by atoms with van der Waals surface area (Å²) in [6, 6.07) is 3.07. The summed E-state index contributed by atoms with van der Waals surface area (Å²) in [7, 11) is 1.33. The molecule has 1 aromatic carbocycles. The van der Waals surface area contributed by atoms with Crippen LogP contribution < -0.4 is 4.74 Å². The van der Waals surface area contributed by atoms with Crippen LogP contribution in [0, 0.1) is 11.7 Å². The molecule has 5 nitrogen and oxygen atoms in total. The lowest BCUT2D eigenvalue weighted by molar-refractivity contribution is -0.141. The number of ether oxygens (including phenoxy) is 1. The Labute approximate surface area is 134 Å². The Morgan fingerprint density at radius 1 is 1.30 bits per heavy atom. The number of benzene rings is 1. The van der Waals surface area contributed by atoms with Crippen LogP contribution in [0.3, 0.4) is 0 Å². The highest BCUT2D eigenvalue weighted by molar-refractivity contribution is 5.97. The number of carboxylic acid groups (broad SMARTS) is 1. The van der Waals surface area contributed by atoms with Crippen molar-refractivity contribution in [3.05, 3.63) is 29.6 Å². The summed E-state index contributed by atoms with van der Waals surface area (Å²) < 4.78 is 18.5. The van der Waals surface area contributed by atoms with Gasteiger partial charge in [-0.1, -0.05) is 12.8 Å². The normalized spacial score (nSPS) is 26.7. The summed E-state index contributed by atoms with van der Waals surface area (Å²) >= 11 is 0. The van der Waals surface area contributed by atoms with Gasteiger partial charge in [0.15, 0.2) is 11.6 Å². The van der Waals surface area contributed by atoms with E-state index >= 15 is 0 Å². The van der Waals surface area contributed by atoms with Gasteiger partial charge in [0.1, 0.15) is 6.04 Å². The molecule has 1 saturated carbocycles. The molecule has 1 N–H and O–H groups in total. The summed E-state index contributed by atoms with van der Waals surface area (Å²) in [5.74, 6) is -1.64. The average molecular weight is 321 g/mol. The van der Waals surface area contributed by atoms with E-state index in [4.69, 9.17) is 4.74 Å². The molecule has 3 atom stereocenters. The van der Waals surface area contributed by atoms with Crippen LogP contribution in [-0.2, 0) is 4.79 Å². The molecule has 3 rings (SSSR count). The molecule has 1 aliphatic heterocycles. The maximum atomic E-state index is 13.5. The second-order valence-electron chi connectivity index (χ2n) is 6.26. The predicted molar refractivity (Wildman–Crippen MR) is 80.9 cm³/mol. The molecule has 1 aromatic rings. The van der Waals surface area contributed by atoms with Gasteiger partial charge in [-0.05, 0) is 43.4 Å². The fourth-order valence-electron chi connectivity index (χ4n) is 3.91. The minimum absolute atomic E-state index is 0.0119. The Kier molecular flexibility index (Phi) is 4.24. The smallest absolute Gasteiger partial charge is 0.326 e. The lowest BCUT2D eigenvalue weighted by Gasteiger charge is -2.33. The number of hydrogen-bond acceptors (Lipinski definition) is 3. The van der Waals surface area contributed by atoms with E-state index in [1.807, 2.05) is 0 Å². The predicted octanol–water partition coefficient (Wildman–Crippen LogP) is 2.69. The van der Waals surface area contributed by atoms with Gasteiger partial charge in [0, 0.05) is 11.6 Å². The van der Waals surface area contributed by atoms with E-state index in [0.717, 1.165) is 25.7 Å². The van der Waals surface area contributed by atoms with Crippen molar-refractivity contribution < 1.29 is 23.8 Å². The molecular formula is C17H20FNO4. The molecule has 0 bridgehead atoms. The summed E-state index contributed by atoms with van der Waals surface area (Å²) in [5.41, 5.74) is 0.265. The van der Waals surface area contributed by atoms with Gasteiger partial charge in [0.25, 0.3) is 5.91 Å². The molecule has 6 heteroatoms. The van der Waals surface area contributed by atoms with Gasteiger partial charge >= 0.3 is 5.97 Å². The number of methoxy groups -OCH3 is 1. The van der Waals surface area contributed by atoms with Crippen molar-refractivity contribution in [1.29, 1.82) is 0 Å². The minimum atomic E-state index is -0.971. The molecule has 124 valence electrons. The number of carboxylic acids is 1. The SMILES string of the molecule is COc1cc(C(=O)N2[C@@H]3CCCC[C@@H]3C[C@H]2C(=O)O)ccc1F. The molecule has 0 spiro atoms. The Balaban J connectivity index is 1.93. The van der Waals surface area contributed by atoms with Crippen LogP contribution in [0.25, 0.3) is 0 Å². The Morgan fingerprint density at radius 2 is 2.04 bits per heavy atom. The fraction of sp³-hybridized carbons (Fsp3) is 0.529. The van der Waals surface area contributed by atoms with Crippen LogP contribution in [0.2, 0.25) is 0 Å². The van der Waals surface area contributed by atoms with Crippen molar-refractivity contribution in [3.8, 4) is 5.75 Å². The molecule has 0 aromatic heterocycles. The first-order valence-corrected chi connectivity index (χ1v) is 7.92. The third-order valence-corrected chi connectivity index (χ3v) is 5.01. The topological polar surface area (TPSA) is 66.8 Å². The van der Waals surface area contributed by atoms with Crippen LogP contribution in [0.4, 0.5) is 4.39 Å². The highest BCUT2D eigenvalue weighted by atomic mass is 19.1. The molecule has 1 heterocycles. The number of nitrogens with zero attached hydrogens (tertiary/aromatic N) is 1. The number of fused-ring (bicyclic) bond motifs is 1. The third-order valence-electron chi connectivity index (χ3n) is 5.01. The lowest BCUT2D eigenvalue weighted by Crippen LogP contribution is -2.46. The van der Waals surface area contributed by atoms with Gasteiger partial charge in [-0.25, -0.2) is 9.18 Å². The zero-order valence-electron chi connectivity index (χ0n) is 13.0. The quantitative estimate of drug-likeness (QED) is 0.929. The summed E-state index contributed by atoms with van der Waals surface area (Å²) in [5, 5.41) is 9.49. The Bertz CT molecular complexity index is 633. The summed E-state index contributed by atoms with van der Waals surface area (Å²) in [6.45, 7) is 0. The molecule has 23 heavy (non-hydrogen) atoms. The van der Waals surface area contributed by atoms with E-state index in [1.54, 1.807) is 0 Å². The van der Waals surface area contributed by atoms with Crippen LogP contribution >= 0.6 is 0 Å². The van der Waals surface area contributed by atoms with Crippen LogP contribution in [0.5, 0.6) is 5.75 Å². The molecule has 0 unspecified atom stereocenters. The second kappa shape index (κ2) is 6.18. The minimum Gasteiger partial charge on any atom is -0.494 e. The first kappa shape index (κ1) is 15.8. The highest BCUT2D eigenvalue weighted by Crippen LogP contribution is 2.40. The van der Waals surface area contributed by atoms with Crippen molar-refractivity contribution in [2.75, 3.05) is 7.11 Å².